The van der Waals surface area contributed by atoms with Crippen molar-refractivity contribution in [1.29, 1.82) is 0 Å². The van der Waals surface area contributed by atoms with E-state index in [1.807, 2.05) is 18.2 Å². The molecule has 2 nitrogen and oxygen atoms in total. The Labute approximate surface area is 128 Å². The SMILES string of the molecule is CC(C)CNCc1cc(Cl)ccc1OCCC(C)(C)C. The second-order valence-corrected chi connectivity index (χ2v) is 7.37. The molecule has 20 heavy (non-hydrogen) atoms. The van der Waals surface area contributed by atoms with Crippen LogP contribution in [0.4, 0.5) is 0 Å². The summed E-state index contributed by atoms with van der Waals surface area (Å²) in [6, 6.07) is 5.85. The van der Waals surface area contributed by atoms with Crippen molar-refractivity contribution in [2.75, 3.05) is 13.2 Å². The Balaban J connectivity index is 2.60. The lowest BCUT2D eigenvalue weighted by atomic mass is 9.93. The first-order chi connectivity index (χ1) is 9.28. The van der Waals surface area contributed by atoms with E-state index in [1.165, 1.54) is 0 Å². The van der Waals surface area contributed by atoms with Gasteiger partial charge in [0.1, 0.15) is 5.75 Å². The van der Waals surface area contributed by atoms with Crippen molar-refractivity contribution >= 4 is 11.6 Å². The van der Waals surface area contributed by atoms with E-state index in [0.29, 0.717) is 11.3 Å². The second-order valence-electron chi connectivity index (χ2n) is 6.94. The van der Waals surface area contributed by atoms with E-state index in [-0.39, 0.29) is 0 Å². The summed E-state index contributed by atoms with van der Waals surface area (Å²) < 4.78 is 5.93. The fourth-order valence-corrected chi connectivity index (χ4v) is 1.98. The van der Waals surface area contributed by atoms with Gasteiger partial charge in [-0.25, -0.2) is 0 Å². The van der Waals surface area contributed by atoms with Gasteiger partial charge in [-0.05, 0) is 42.5 Å². The van der Waals surface area contributed by atoms with Gasteiger partial charge < -0.3 is 10.1 Å². The highest BCUT2D eigenvalue weighted by Crippen LogP contribution is 2.25. The van der Waals surface area contributed by atoms with Crippen molar-refractivity contribution < 1.29 is 4.74 Å². The third kappa shape index (κ3) is 7.16. The summed E-state index contributed by atoms with van der Waals surface area (Å²) in [4.78, 5) is 0. The Kier molecular flexibility index (Phi) is 6.84. The van der Waals surface area contributed by atoms with Gasteiger partial charge in [0.05, 0.1) is 6.61 Å². The Hall–Kier alpha value is -0.730. The first-order valence-corrected chi connectivity index (χ1v) is 7.77. The zero-order valence-corrected chi connectivity index (χ0v) is 14.2. The zero-order chi connectivity index (χ0) is 15.2. The Morgan fingerprint density at radius 3 is 2.55 bits per heavy atom. The van der Waals surface area contributed by atoms with Gasteiger partial charge in [0, 0.05) is 17.1 Å². The highest BCUT2D eigenvalue weighted by atomic mass is 35.5. The third-order valence-corrected chi connectivity index (χ3v) is 3.24. The predicted octanol–water partition coefficient (Wildman–Crippen LogP) is 4.90. The van der Waals surface area contributed by atoms with Crippen molar-refractivity contribution in [3.8, 4) is 5.75 Å². The van der Waals surface area contributed by atoms with Crippen LogP contribution in [0.3, 0.4) is 0 Å². The highest BCUT2D eigenvalue weighted by Gasteiger charge is 2.11. The largest absolute Gasteiger partial charge is 0.493 e. The number of hydrogen-bond donors (Lipinski definition) is 1. The molecule has 0 saturated heterocycles. The molecule has 0 aliphatic rings. The van der Waals surface area contributed by atoms with Crippen LogP contribution in [-0.4, -0.2) is 13.2 Å². The standard InChI is InChI=1S/C17H28ClNO/c1-13(2)11-19-12-14-10-15(18)6-7-16(14)20-9-8-17(3,4)5/h6-7,10,13,19H,8-9,11-12H2,1-5H3. The maximum atomic E-state index is 6.08. The van der Waals surface area contributed by atoms with Gasteiger partial charge in [-0.1, -0.05) is 46.2 Å². The van der Waals surface area contributed by atoms with Crippen molar-refractivity contribution in [1.82, 2.24) is 5.32 Å². The van der Waals surface area contributed by atoms with Crippen LogP contribution in [0.2, 0.25) is 5.02 Å². The summed E-state index contributed by atoms with van der Waals surface area (Å²) in [5.74, 6) is 1.58. The Morgan fingerprint density at radius 2 is 1.95 bits per heavy atom. The van der Waals surface area contributed by atoms with Gasteiger partial charge in [-0.15, -0.1) is 0 Å². The minimum atomic E-state index is 0.294. The minimum absolute atomic E-state index is 0.294. The molecule has 114 valence electrons. The average Bonchev–Trinajstić information content (AvgIpc) is 2.30. The van der Waals surface area contributed by atoms with E-state index in [0.717, 1.165) is 42.5 Å². The van der Waals surface area contributed by atoms with Crippen molar-refractivity contribution in [3.63, 3.8) is 0 Å². The molecule has 0 unspecified atom stereocenters. The van der Waals surface area contributed by atoms with Gasteiger partial charge in [0.2, 0.25) is 0 Å². The zero-order valence-electron chi connectivity index (χ0n) is 13.4. The fraction of sp³-hybridized carbons (Fsp3) is 0.647. The van der Waals surface area contributed by atoms with E-state index in [2.05, 4.69) is 39.9 Å². The van der Waals surface area contributed by atoms with E-state index in [9.17, 15) is 0 Å². The molecule has 0 aromatic heterocycles. The summed E-state index contributed by atoms with van der Waals surface area (Å²) in [5, 5.41) is 4.20. The maximum absolute atomic E-state index is 6.08. The number of ether oxygens (including phenoxy) is 1. The van der Waals surface area contributed by atoms with Crippen LogP contribution >= 0.6 is 11.6 Å². The molecular weight excluding hydrogens is 270 g/mol. The van der Waals surface area contributed by atoms with Crippen LogP contribution in [0.25, 0.3) is 0 Å². The number of rotatable bonds is 7. The van der Waals surface area contributed by atoms with E-state index >= 15 is 0 Å². The van der Waals surface area contributed by atoms with Gasteiger partial charge in [-0.2, -0.15) is 0 Å². The van der Waals surface area contributed by atoms with Crippen molar-refractivity contribution in [2.45, 2.75) is 47.6 Å². The van der Waals surface area contributed by atoms with Gasteiger partial charge in [-0.3, -0.25) is 0 Å². The number of halogens is 1. The number of nitrogens with one attached hydrogen (secondary N) is 1. The van der Waals surface area contributed by atoms with E-state index in [4.69, 9.17) is 16.3 Å². The number of benzene rings is 1. The molecule has 0 spiro atoms. The lowest BCUT2D eigenvalue weighted by Crippen LogP contribution is -2.19. The van der Waals surface area contributed by atoms with Crippen molar-refractivity contribution in [3.05, 3.63) is 28.8 Å². The third-order valence-electron chi connectivity index (χ3n) is 3.00. The lowest BCUT2D eigenvalue weighted by molar-refractivity contribution is 0.241. The minimum Gasteiger partial charge on any atom is -0.493 e. The average molecular weight is 298 g/mol. The summed E-state index contributed by atoms with van der Waals surface area (Å²) in [5.41, 5.74) is 1.43. The molecule has 0 aliphatic carbocycles. The van der Waals surface area contributed by atoms with Crippen molar-refractivity contribution in [2.24, 2.45) is 11.3 Å². The molecule has 1 N–H and O–H groups in total. The molecule has 0 saturated carbocycles. The van der Waals surface area contributed by atoms with Crippen LogP contribution in [0.1, 0.15) is 46.6 Å². The van der Waals surface area contributed by atoms with Crippen LogP contribution in [0.15, 0.2) is 18.2 Å². The monoisotopic (exact) mass is 297 g/mol. The second kappa shape index (κ2) is 7.90. The molecular formula is C17H28ClNO. The van der Waals surface area contributed by atoms with Gasteiger partial charge >= 0.3 is 0 Å². The molecule has 0 atom stereocenters. The summed E-state index contributed by atoms with van der Waals surface area (Å²) >= 11 is 6.08. The molecule has 0 bridgehead atoms. The molecule has 0 heterocycles. The summed E-state index contributed by atoms with van der Waals surface area (Å²) in [6.07, 6.45) is 1.04. The van der Waals surface area contributed by atoms with Gasteiger partial charge in [0.15, 0.2) is 0 Å². The van der Waals surface area contributed by atoms with E-state index in [1.54, 1.807) is 0 Å². The smallest absolute Gasteiger partial charge is 0.123 e. The Bertz CT molecular complexity index is 410. The molecule has 3 heteroatoms. The fourth-order valence-electron chi connectivity index (χ4n) is 1.79. The summed E-state index contributed by atoms with van der Waals surface area (Å²) in [7, 11) is 0. The molecule has 0 radical (unpaired) electrons. The lowest BCUT2D eigenvalue weighted by Gasteiger charge is -2.19. The van der Waals surface area contributed by atoms with Crippen LogP contribution in [0.5, 0.6) is 5.75 Å². The normalized spacial score (nSPS) is 11.9. The quantitative estimate of drug-likeness (QED) is 0.773. The first-order valence-electron chi connectivity index (χ1n) is 7.40. The molecule has 0 aliphatic heterocycles. The van der Waals surface area contributed by atoms with Gasteiger partial charge in [0.25, 0.3) is 0 Å². The number of hydrogen-bond acceptors (Lipinski definition) is 2. The maximum Gasteiger partial charge on any atom is 0.123 e. The van der Waals surface area contributed by atoms with E-state index < -0.39 is 0 Å². The van der Waals surface area contributed by atoms with Crippen LogP contribution in [-0.2, 0) is 6.54 Å². The summed E-state index contributed by atoms with van der Waals surface area (Å²) in [6.45, 7) is 13.6. The predicted molar refractivity (Wildman–Crippen MR) is 87.6 cm³/mol. The first kappa shape index (κ1) is 17.3. The molecule has 1 aromatic carbocycles. The molecule has 1 aromatic rings. The van der Waals surface area contributed by atoms with Crippen LogP contribution in [0, 0.1) is 11.3 Å². The highest BCUT2D eigenvalue weighted by molar-refractivity contribution is 6.30. The molecule has 0 fully saturated rings. The molecule has 1 rings (SSSR count). The topological polar surface area (TPSA) is 21.3 Å². The molecule has 0 amide bonds. The van der Waals surface area contributed by atoms with Crippen LogP contribution < -0.4 is 10.1 Å². The Morgan fingerprint density at radius 1 is 1.25 bits per heavy atom.